The van der Waals surface area contributed by atoms with E-state index in [1.807, 2.05) is 4.90 Å². The van der Waals surface area contributed by atoms with Gasteiger partial charge in [-0.15, -0.1) is 0 Å². The highest BCUT2D eigenvalue weighted by atomic mass is 19.1. The maximum absolute atomic E-state index is 14.6. The van der Waals surface area contributed by atoms with Crippen LogP contribution in [0.3, 0.4) is 0 Å². The van der Waals surface area contributed by atoms with E-state index < -0.39 is 5.91 Å². The molecule has 1 amide bonds. The Kier molecular flexibility index (Phi) is 6.23. The zero-order valence-corrected chi connectivity index (χ0v) is 16.4. The maximum Gasteiger partial charge on any atom is 0.255 e. The van der Waals surface area contributed by atoms with Crippen LogP contribution in [0.2, 0.25) is 0 Å². The lowest BCUT2D eigenvalue weighted by Crippen LogP contribution is -2.30. The highest BCUT2D eigenvalue weighted by Gasteiger charge is 2.19. The van der Waals surface area contributed by atoms with Crippen molar-refractivity contribution in [3.05, 3.63) is 41.7 Å². The van der Waals surface area contributed by atoms with Crippen LogP contribution < -0.4 is 24.4 Å². The predicted molar refractivity (Wildman–Crippen MR) is 107 cm³/mol. The van der Waals surface area contributed by atoms with E-state index in [9.17, 15) is 9.18 Å². The molecule has 1 saturated heterocycles. The Bertz CT molecular complexity index is 825. The fourth-order valence-corrected chi connectivity index (χ4v) is 3.39. The van der Waals surface area contributed by atoms with Crippen molar-refractivity contribution >= 4 is 17.3 Å². The summed E-state index contributed by atoms with van der Waals surface area (Å²) in [7, 11) is 4.45. The number of nitrogens with one attached hydrogen (secondary N) is 1. The molecule has 0 saturated carbocycles. The second-order valence-electron chi connectivity index (χ2n) is 6.58. The molecule has 1 aliphatic rings. The number of hydrogen-bond acceptors (Lipinski definition) is 5. The lowest BCUT2D eigenvalue weighted by molar-refractivity contribution is 0.102. The Morgan fingerprint density at radius 3 is 2.14 bits per heavy atom. The first-order valence-corrected chi connectivity index (χ1v) is 9.23. The molecule has 0 unspecified atom stereocenters. The van der Waals surface area contributed by atoms with Crippen molar-refractivity contribution in [1.29, 1.82) is 0 Å². The second-order valence-corrected chi connectivity index (χ2v) is 6.58. The van der Waals surface area contributed by atoms with Crippen molar-refractivity contribution in [2.45, 2.75) is 19.3 Å². The van der Waals surface area contributed by atoms with Gasteiger partial charge in [0.05, 0.1) is 27.0 Å². The molecule has 1 N–H and O–H groups in total. The van der Waals surface area contributed by atoms with Crippen LogP contribution in [0.15, 0.2) is 30.3 Å². The topological polar surface area (TPSA) is 60.0 Å². The summed E-state index contributed by atoms with van der Waals surface area (Å²) in [5.74, 6) is 0.407. The molecular formula is C21H25FN2O4. The van der Waals surface area contributed by atoms with Gasteiger partial charge in [0.1, 0.15) is 5.82 Å². The van der Waals surface area contributed by atoms with Crippen LogP contribution in [0.5, 0.6) is 17.2 Å². The summed E-state index contributed by atoms with van der Waals surface area (Å²) in [6, 6.07) is 7.87. The fourth-order valence-electron chi connectivity index (χ4n) is 3.39. The lowest BCUT2D eigenvalue weighted by atomic mass is 10.1. The Morgan fingerprint density at radius 1 is 0.964 bits per heavy atom. The SMILES string of the molecule is COc1cc(C(=O)Nc2ccc(N3CCCCC3)c(F)c2)cc(OC)c1OC. The quantitative estimate of drug-likeness (QED) is 0.808. The van der Waals surface area contributed by atoms with Gasteiger partial charge in [0.2, 0.25) is 5.75 Å². The molecule has 2 aromatic carbocycles. The molecule has 1 heterocycles. The summed E-state index contributed by atoms with van der Waals surface area (Å²) in [5.41, 5.74) is 1.28. The molecule has 0 aliphatic carbocycles. The van der Waals surface area contributed by atoms with Gasteiger partial charge >= 0.3 is 0 Å². The van der Waals surface area contributed by atoms with Crippen LogP contribution in [-0.4, -0.2) is 40.3 Å². The van der Waals surface area contributed by atoms with Gasteiger partial charge in [-0.3, -0.25) is 4.79 Å². The van der Waals surface area contributed by atoms with Crippen molar-refractivity contribution < 1.29 is 23.4 Å². The maximum atomic E-state index is 14.6. The lowest BCUT2D eigenvalue weighted by Gasteiger charge is -2.29. The van der Waals surface area contributed by atoms with E-state index in [0.717, 1.165) is 25.9 Å². The summed E-state index contributed by atoms with van der Waals surface area (Å²) in [4.78, 5) is 14.7. The first-order valence-electron chi connectivity index (χ1n) is 9.23. The summed E-state index contributed by atoms with van der Waals surface area (Å²) < 4.78 is 30.4. The predicted octanol–water partition coefficient (Wildman–Crippen LogP) is 4.09. The van der Waals surface area contributed by atoms with Gasteiger partial charge in [-0.1, -0.05) is 0 Å². The first-order chi connectivity index (χ1) is 13.6. The summed E-state index contributed by atoms with van der Waals surface area (Å²) >= 11 is 0. The number of halogens is 1. The molecule has 0 aromatic heterocycles. The van der Waals surface area contributed by atoms with Gasteiger partial charge in [0, 0.05) is 24.3 Å². The van der Waals surface area contributed by atoms with E-state index in [4.69, 9.17) is 14.2 Å². The summed E-state index contributed by atoms with van der Waals surface area (Å²) in [6.07, 6.45) is 3.32. The number of methoxy groups -OCH3 is 3. The van der Waals surface area contributed by atoms with Crippen LogP contribution in [0, 0.1) is 5.82 Å². The van der Waals surface area contributed by atoms with Crippen LogP contribution in [-0.2, 0) is 0 Å². The molecule has 150 valence electrons. The average Bonchev–Trinajstić information content (AvgIpc) is 2.73. The number of ether oxygens (including phenoxy) is 3. The van der Waals surface area contributed by atoms with Gasteiger partial charge in [-0.05, 0) is 49.6 Å². The van der Waals surface area contributed by atoms with Crippen molar-refractivity contribution in [3.8, 4) is 17.2 Å². The Hall–Kier alpha value is -2.96. The molecule has 28 heavy (non-hydrogen) atoms. The molecule has 1 aliphatic heterocycles. The van der Waals surface area contributed by atoms with Gasteiger partial charge in [-0.25, -0.2) is 4.39 Å². The van der Waals surface area contributed by atoms with E-state index in [1.165, 1.54) is 33.8 Å². The standard InChI is InChI=1S/C21H25FN2O4/c1-26-18-11-14(12-19(27-2)20(18)28-3)21(25)23-15-7-8-17(16(22)13-15)24-9-5-4-6-10-24/h7-8,11-13H,4-6,9-10H2,1-3H3,(H,23,25). The van der Waals surface area contributed by atoms with Gasteiger partial charge in [0.25, 0.3) is 5.91 Å². The normalized spacial score (nSPS) is 13.8. The molecule has 3 rings (SSSR count). The molecule has 0 radical (unpaired) electrons. The third-order valence-electron chi connectivity index (χ3n) is 4.83. The van der Waals surface area contributed by atoms with E-state index in [-0.39, 0.29) is 5.82 Å². The second kappa shape index (κ2) is 8.82. The largest absolute Gasteiger partial charge is 0.493 e. The molecule has 0 spiro atoms. The number of benzene rings is 2. The number of anilines is 2. The number of nitrogens with zero attached hydrogens (tertiary/aromatic N) is 1. The van der Waals surface area contributed by atoms with Crippen molar-refractivity contribution in [2.75, 3.05) is 44.6 Å². The number of carbonyl (C=O) groups is 1. The van der Waals surface area contributed by atoms with Crippen LogP contribution in [0.4, 0.5) is 15.8 Å². The molecule has 2 aromatic rings. The van der Waals surface area contributed by atoms with E-state index in [0.29, 0.717) is 34.2 Å². The minimum atomic E-state index is -0.399. The molecule has 0 bridgehead atoms. The zero-order valence-electron chi connectivity index (χ0n) is 16.4. The number of rotatable bonds is 6. The van der Waals surface area contributed by atoms with E-state index in [2.05, 4.69) is 5.32 Å². The van der Waals surface area contributed by atoms with Gasteiger partial charge in [-0.2, -0.15) is 0 Å². The third-order valence-corrected chi connectivity index (χ3v) is 4.83. The van der Waals surface area contributed by atoms with Crippen LogP contribution >= 0.6 is 0 Å². The molecule has 1 fully saturated rings. The van der Waals surface area contributed by atoms with Gasteiger partial charge < -0.3 is 24.4 Å². The van der Waals surface area contributed by atoms with Crippen LogP contribution in [0.1, 0.15) is 29.6 Å². The van der Waals surface area contributed by atoms with E-state index >= 15 is 0 Å². The number of hydrogen-bond donors (Lipinski definition) is 1. The Labute approximate surface area is 164 Å². The van der Waals surface area contributed by atoms with Gasteiger partial charge in [0.15, 0.2) is 11.5 Å². The first kappa shape index (κ1) is 19.8. The summed E-state index contributed by atoms with van der Waals surface area (Å²) in [5, 5.41) is 2.72. The number of amides is 1. The highest BCUT2D eigenvalue weighted by Crippen LogP contribution is 2.38. The average molecular weight is 388 g/mol. The molecule has 7 heteroatoms. The highest BCUT2D eigenvalue weighted by molar-refractivity contribution is 6.05. The Morgan fingerprint density at radius 2 is 1.61 bits per heavy atom. The number of carbonyl (C=O) groups excluding carboxylic acids is 1. The van der Waals surface area contributed by atoms with Crippen molar-refractivity contribution in [3.63, 3.8) is 0 Å². The monoisotopic (exact) mass is 388 g/mol. The molecular weight excluding hydrogens is 363 g/mol. The third kappa shape index (κ3) is 4.13. The fraction of sp³-hybridized carbons (Fsp3) is 0.381. The van der Waals surface area contributed by atoms with Crippen molar-refractivity contribution in [1.82, 2.24) is 0 Å². The van der Waals surface area contributed by atoms with E-state index in [1.54, 1.807) is 24.3 Å². The van der Waals surface area contributed by atoms with Crippen LogP contribution in [0.25, 0.3) is 0 Å². The number of piperidine rings is 1. The van der Waals surface area contributed by atoms with Crippen molar-refractivity contribution in [2.24, 2.45) is 0 Å². The Balaban J connectivity index is 1.80. The minimum absolute atomic E-state index is 0.315. The summed E-state index contributed by atoms with van der Waals surface area (Å²) in [6.45, 7) is 1.71. The zero-order chi connectivity index (χ0) is 20.1. The molecule has 0 atom stereocenters. The molecule has 6 nitrogen and oxygen atoms in total. The smallest absolute Gasteiger partial charge is 0.255 e. The minimum Gasteiger partial charge on any atom is -0.493 e.